The number of hydrogen-bond acceptors (Lipinski definition) is 2. The number of nitrogens with zero attached hydrogens (tertiary/aromatic N) is 2. The van der Waals surface area contributed by atoms with E-state index >= 15 is 0 Å². The van der Waals surface area contributed by atoms with Crippen LogP contribution in [0.15, 0.2) is 54.7 Å². The number of para-hydroxylation sites is 1. The second kappa shape index (κ2) is 7.06. The maximum atomic E-state index is 4.70. The zero-order valence-corrected chi connectivity index (χ0v) is 12.3. The van der Waals surface area contributed by atoms with Crippen LogP contribution in [0, 0.1) is 0 Å². The van der Waals surface area contributed by atoms with E-state index in [1.54, 1.807) is 0 Å². The largest absolute Gasteiger partial charge is 0.309 e. The molecule has 0 aliphatic rings. The summed E-state index contributed by atoms with van der Waals surface area (Å²) in [5, 5.41) is 8.19. The Morgan fingerprint density at radius 2 is 2.00 bits per heavy atom. The average molecular weight is 269 g/mol. The fraction of sp³-hybridized carbons (Fsp3) is 0.353. The van der Waals surface area contributed by atoms with Crippen molar-refractivity contribution in [1.82, 2.24) is 15.1 Å². The van der Waals surface area contributed by atoms with Gasteiger partial charge in [0.15, 0.2) is 0 Å². The van der Waals surface area contributed by atoms with Gasteiger partial charge in [-0.3, -0.25) is 0 Å². The third-order valence-corrected chi connectivity index (χ3v) is 3.43. The van der Waals surface area contributed by atoms with E-state index in [1.165, 1.54) is 5.57 Å². The summed E-state index contributed by atoms with van der Waals surface area (Å²) < 4.78 is 1.92. The van der Waals surface area contributed by atoms with E-state index in [9.17, 15) is 0 Å². The first-order valence-electron chi connectivity index (χ1n) is 7.25. The number of hydrogen-bond donors (Lipinski definition) is 1. The fourth-order valence-corrected chi connectivity index (χ4v) is 2.21. The monoisotopic (exact) mass is 269 g/mol. The number of nitrogens with one attached hydrogen (secondary N) is 1. The lowest BCUT2D eigenvalue weighted by Gasteiger charge is -2.16. The lowest BCUT2D eigenvalue weighted by atomic mass is 10.0. The van der Waals surface area contributed by atoms with Crippen molar-refractivity contribution in [2.45, 2.75) is 32.7 Å². The molecule has 3 heteroatoms. The first-order valence-corrected chi connectivity index (χ1v) is 7.25. The summed E-state index contributed by atoms with van der Waals surface area (Å²) in [5.74, 6) is 0. The molecular weight excluding hydrogens is 246 g/mol. The van der Waals surface area contributed by atoms with Crippen molar-refractivity contribution in [2.24, 2.45) is 0 Å². The minimum Gasteiger partial charge on any atom is -0.309 e. The molecule has 0 saturated heterocycles. The van der Waals surface area contributed by atoms with Gasteiger partial charge in [0, 0.05) is 6.20 Å². The highest BCUT2D eigenvalue weighted by atomic mass is 15.3. The third-order valence-electron chi connectivity index (χ3n) is 3.43. The van der Waals surface area contributed by atoms with E-state index in [0.717, 1.165) is 30.8 Å². The van der Waals surface area contributed by atoms with Crippen molar-refractivity contribution in [3.63, 3.8) is 0 Å². The van der Waals surface area contributed by atoms with Crippen molar-refractivity contribution in [1.29, 1.82) is 0 Å². The molecule has 0 fully saturated rings. The summed E-state index contributed by atoms with van der Waals surface area (Å²) in [5.41, 5.74) is 3.42. The Bertz CT molecular complexity index is 542. The standard InChI is InChI=1S/C17H23N3/c1-4-14(3)13-17(18-5-2)16-11-12-20(19-16)15-9-7-6-8-10-15/h6-12,17-18H,3-5,13H2,1-2H3. The summed E-state index contributed by atoms with van der Waals surface area (Å²) >= 11 is 0. The molecule has 1 atom stereocenters. The van der Waals surface area contributed by atoms with Gasteiger partial charge in [-0.15, -0.1) is 0 Å². The van der Waals surface area contributed by atoms with Gasteiger partial charge in [0.05, 0.1) is 17.4 Å². The number of rotatable bonds is 7. The van der Waals surface area contributed by atoms with Gasteiger partial charge in [0.2, 0.25) is 0 Å². The fourth-order valence-electron chi connectivity index (χ4n) is 2.21. The van der Waals surface area contributed by atoms with Crippen LogP contribution < -0.4 is 5.32 Å². The van der Waals surface area contributed by atoms with Gasteiger partial charge in [-0.2, -0.15) is 5.10 Å². The van der Waals surface area contributed by atoms with E-state index in [0.29, 0.717) is 0 Å². The molecule has 0 aliphatic carbocycles. The van der Waals surface area contributed by atoms with Gasteiger partial charge in [0.25, 0.3) is 0 Å². The van der Waals surface area contributed by atoms with Crippen LogP contribution >= 0.6 is 0 Å². The van der Waals surface area contributed by atoms with Crippen molar-refractivity contribution in [3.05, 3.63) is 60.4 Å². The van der Waals surface area contributed by atoms with Crippen molar-refractivity contribution >= 4 is 0 Å². The zero-order chi connectivity index (χ0) is 14.4. The average Bonchev–Trinajstić information content (AvgIpc) is 2.97. The van der Waals surface area contributed by atoms with Crippen LogP contribution in [0.4, 0.5) is 0 Å². The second-order valence-electron chi connectivity index (χ2n) is 4.94. The quantitative estimate of drug-likeness (QED) is 0.773. The van der Waals surface area contributed by atoms with Gasteiger partial charge in [-0.05, 0) is 37.6 Å². The molecule has 0 radical (unpaired) electrons. The SMILES string of the molecule is C=C(CC)CC(NCC)c1ccn(-c2ccccc2)n1. The number of aromatic nitrogens is 2. The van der Waals surface area contributed by atoms with Crippen molar-refractivity contribution in [2.75, 3.05) is 6.54 Å². The molecular formula is C17H23N3. The number of benzene rings is 1. The lowest BCUT2D eigenvalue weighted by Crippen LogP contribution is -2.22. The molecule has 1 aromatic heterocycles. The molecule has 1 unspecified atom stereocenters. The molecule has 1 N–H and O–H groups in total. The molecule has 3 nitrogen and oxygen atoms in total. The van der Waals surface area contributed by atoms with Gasteiger partial charge in [-0.25, -0.2) is 4.68 Å². The second-order valence-corrected chi connectivity index (χ2v) is 4.94. The van der Waals surface area contributed by atoms with Crippen LogP contribution in [0.5, 0.6) is 0 Å². The smallest absolute Gasteiger partial charge is 0.0801 e. The van der Waals surface area contributed by atoms with Gasteiger partial charge < -0.3 is 5.32 Å². The molecule has 0 spiro atoms. The third kappa shape index (κ3) is 3.58. The maximum Gasteiger partial charge on any atom is 0.0801 e. The van der Waals surface area contributed by atoms with Crippen LogP contribution in [-0.4, -0.2) is 16.3 Å². The molecule has 1 heterocycles. The van der Waals surface area contributed by atoms with Crippen LogP contribution in [-0.2, 0) is 0 Å². The van der Waals surface area contributed by atoms with Crippen molar-refractivity contribution in [3.8, 4) is 5.69 Å². The Kier molecular flexibility index (Phi) is 5.13. The lowest BCUT2D eigenvalue weighted by molar-refractivity contribution is 0.526. The summed E-state index contributed by atoms with van der Waals surface area (Å²) in [4.78, 5) is 0. The Balaban J connectivity index is 2.18. The van der Waals surface area contributed by atoms with E-state index in [-0.39, 0.29) is 6.04 Å². The topological polar surface area (TPSA) is 29.9 Å². The molecule has 106 valence electrons. The van der Waals surface area contributed by atoms with E-state index in [2.05, 4.69) is 43.9 Å². The van der Waals surface area contributed by atoms with Gasteiger partial charge >= 0.3 is 0 Å². The Labute approximate surface area is 121 Å². The molecule has 2 rings (SSSR count). The molecule has 0 aliphatic heterocycles. The minimum atomic E-state index is 0.248. The van der Waals surface area contributed by atoms with E-state index in [4.69, 9.17) is 5.10 Å². The highest BCUT2D eigenvalue weighted by Crippen LogP contribution is 2.21. The summed E-state index contributed by atoms with van der Waals surface area (Å²) in [6.45, 7) is 9.31. The molecule has 1 aromatic carbocycles. The predicted octanol–water partition coefficient (Wildman–Crippen LogP) is 3.88. The van der Waals surface area contributed by atoms with E-state index < -0.39 is 0 Å². The highest BCUT2D eigenvalue weighted by Gasteiger charge is 2.14. The Morgan fingerprint density at radius 1 is 1.25 bits per heavy atom. The minimum absolute atomic E-state index is 0.248. The molecule has 0 bridgehead atoms. The zero-order valence-electron chi connectivity index (χ0n) is 12.3. The molecule has 0 amide bonds. The molecule has 2 aromatic rings. The van der Waals surface area contributed by atoms with Crippen LogP contribution in [0.2, 0.25) is 0 Å². The van der Waals surface area contributed by atoms with Crippen LogP contribution in [0.1, 0.15) is 38.4 Å². The Morgan fingerprint density at radius 3 is 2.65 bits per heavy atom. The van der Waals surface area contributed by atoms with Gasteiger partial charge in [0.1, 0.15) is 0 Å². The Hall–Kier alpha value is -1.87. The van der Waals surface area contributed by atoms with Crippen LogP contribution in [0.3, 0.4) is 0 Å². The van der Waals surface area contributed by atoms with Crippen LogP contribution in [0.25, 0.3) is 5.69 Å². The van der Waals surface area contributed by atoms with E-state index in [1.807, 2.05) is 29.1 Å². The normalized spacial score (nSPS) is 12.3. The van der Waals surface area contributed by atoms with Gasteiger partial charge in [-0.1, -0.05) is 44.2 Å². The molecule has 0 saturated carbocycles. The summed E-state index contributed by atoms with van der Waals surface area (Å²) in [6.07, 6.45) is 3.97. The summed E-state index contributed by atoms with van der Waals surface area (Å²) in [6, 6.07) is 12.5. The first kappa shape index (κ1) is 14.5. The predicted molar refractivity (Wildman–Crippen MR) is 84.0 cm³/mol. The highest BCUT2D eigenvalue weighted by molar-refractivity contribution is 5.30. The maximum absolute atomic E-state index is 4.70. The van der Waals surface area contributed by atoms with Crippen molar-refractivity contribution < 1.29 is 0 Å². The molecule has 20 heavy (non-hydrogen) atoms. The summed E-state index contributed by atoms with van der Waals surface area (Å²) in [7, 11) is 0. The first-order chi connectivity index (χ1) is 9.74.